The molecule has 412 valence electrons. The van der Waals surface area contributed by atoms with Crippen molar-refractivity contribution in [2.75, 3.05) is 0 Å². The Bertz CT molecular complexity index is 5060. The molecule has 0 N–H and O–H groups in total. The van der Waals surface area contributed by atoms with Crippen LogP contribution in [-0.2, 0) is 29.1 Å². The second-order valence-corrected chi connectivity index (χ2v) is 26.2. The number of furan rings is 2. The third-order valence-corrected chi connectivity index (χ3v) is 20.3. The molecule has 12 aromatic carbocycles. The number of hydrogen-bond donors (Lipinski definition) is 0. The van der Waals surface area contributed by atoms with Gasteiger partial charge in [0.05, 0.1) is 0 Å². The third-order valence-electron chi connectivity index (χ3n) is 20.3. The Labute approximate surface area is 503 Å². The monoisotopic (exact) mass is 1100 g/mol. The zero-order valence-electron chi connectivity index (χ0n) is 49.5. The highest BCUT2D eigenvalue weighted by molar-refractivity contribution is 6.21. The van der Waals surface area contributed by atoms with Gasteiger partial charge in [-0.05, 0) is 160 Å². The summed E-state index contributed by atoms with van der Waals surface area (Å²) < 4.78 is 14.1. The molecule has 2 aromatic heterocycles. The highest BCUT2D eigenvalue weighted by atomic mass is 16.3. The van der Waals surface area contributed by atoms with Gasteiger partial charge in [-0.1, -0.05) is 266 Å². The molecule has 1 unspecified atom stereocenters. The fraction of sp³-hybridized carbons (Fsp3) is 0.143. The molecule has 2 heterocycles. The summed E-state index contributed by atoms with van der Waals surface area (Å²) in [5.41, 5.74) is 32.7. The molecule has 14 aromatic rings. The van der Waals surface area contributed by atoms with E-state index in [0.29, 0.717) is 0 Å². The molecule has 2 nitrogen and oxygen atoms in total. The number of benzene rings is 12. The van der Waals surface area contributed by atoms with Gasteiger partial charge in [0.2, 0.25) is 0 Å². The Morgan fingerprint density at radius 2 is 0.814 bits per heavy atom. The highest BCUT2D eigenvalue weighted by Crippen LogP contribution is 2.64. The topological polar surface area (TPSA) is 26.3 Å². The molecule has 0 fully saturated rings. The van der Waals surface area contributed by atoms with Crippen LogP contribution in [0.4, 0.5) is 0 Å². The molecule has 3 aliphatic rings. The predicted molar refractivity (Wildman–Crippen MR) is 358 cm³/mol. The van der Waals surface area contributed by atoms with E-state index < -0.39 is 0 Å². The maximum absolute atomic E-state index is 7.06. The molecule has 1 atom stereocenters. The van der Waals surface area contributed by atoms with Crippen LogP contribution in [0.15, 0.2) is 258 Å². The lowest BCUT2D eigenvalue weighted by Crippen LogP contribution is -2.24. The van der Waals surface area contributed by atoms with E-state index in [0.717, 1.165) is 51.7 Å². The molecule has 0 bridgehead atoms. The molecular formula is C84H64O2. The highest BCUT2D eigenvalue weighted by Gasteiger charge is 2.49. The lowest BCUT2D eigenvalue weighted by molar-refractivity contribution is 0.599. The van der Waals surface area contributed by atoms with Crippen LogP contribution >= 0.6 is 0 Å². The van der Waals surface area contributed by atoms with E-state index in [1.54, 1.807) is 0 Å². The molecule has 2 heteroatoms. The van der Waals surface area contributed by atoms with Gasteiger partial charge >= 0.3 is 0 Å². The van der Waals surface area contributed by atoms with Crippen molar-refractivity contribution in [3.05, 3.63) is 299 Å². The molecule has 0 aliphatic heterocycles. The zero-order valence-corrected chi connectivity index (χ0v) is 49.5. The predicted octanol–water partition coefficient (Wildman–Crippen LogP) is 22.6. The smallest absolute Gasteiger partial charge is 0.144 e. The minimum Gasteiger partial charge on any atom is -0.455 e. The number of fused-ring (bicyclic) bond motifs is 19. The number of rotatable bonds is 9. The number of hydrogen-bond acceptors (Lipinski definition) is 2. The Morgan fingerprint density at radius 1 is 0.314 bits per heavy atom. The van der Waals surface area contributed by atoms with E-state index >= 15 is 0 Å². The first-order valence-electron chi connectivity index (χ1n) is 30.7. The van der Waals surface area contributed by atoms with Gasteiger partial charge < -0.3 is 8.83 Å². The third kappa shape index (κ3) is 7.32. The van der Waals surface area contributed by atoms with Gasteiger partial charge in [-0.3, -0.25) is 0 Å². The second-order valence-electron chi connectivity index (χ2n) is 26.2. The Kier molecular flexibility index (Phi) is 11.0. The summed E-state index contributed by atoms with van der Waals surface area (Å²) in [6, 6.07) is 92.6. The van der Waals surface area contributed by atoms with Crippen LogP contribution < -0.4 is 0 Å². The largest absolute Gasteiger partial charge is 0.455 e. The molecule has 0 saturated heterocycles. The van der Waals surface area contributed by atoms with E-state index in [1.165, 1.54) is 133 Å². The molecular weight excluding hydrogens is 1040 g/mol. The first-order valence-corrected chi connectivity index (χ1v) is 30.7. The summed E-state index contributed by atoms with van der Waals surface area (Å²) in [4.78, 5) is 0. The lowest BCUT2D eigenvalue weighted by atomic mass is 9.72. The average molecular weight is 1110 g/mol. The van der Waals surface area contributed by atoms with Crippen molar-refractivity contribution >= 4 is 43.9 Å². The maximum atomic E-state index is 7.06. The van der Waals surface area contributed by atoms with Gasteiger partial charge in [0, 0.05) is 48.9 Å². The SMILES string of the molecule is CC1(C)c2cc(C(Cc3ccc4c(c3)C(C)(C)c3c5c(c6oc7ccccc7c6c3-4)-c3ccccc3C5(C)C)Cc3c(-c4ccccc4)cccc3-c3ccccc3)ccc2-c2c1cc(-c1cccc(-c3ccccc3)c1)c1oc3ccccc3c21. The lowest BCUT2D eigenvalue weighted by Gasteiger charge is -2.31. The summed E-state index contributed by atoms with van der Waals surface area (Å²) in [6.07, 6.45) is 1.68. The van der Waals surface area contributed by atoms with Crippen LogP contribution in [0.2, 0.25) is 0 Å². The first-order chi connectivity index (χ1) is 41.9. The van der Waals surface area contributed by atoms with Gasteiger partial charge in [0.25, 0.3) is 0 Å². The van der Waals surface area contributed by atoms with E-state index in [-0.39, 0.29) is 22.2 Å². The molecule has 17 rings (SSSR count). The molecule has 0 radical (unpaired) electrons. The molecule has 0 spiro atoms. The molecule has 0 saturated carbocycles. The normalized spacial score (nSPS) is 15.0. The second kappa shape index (κ2) is 18.6. The van der Waals surface area contributed by atoms with Crippen molar-refractivity contribution < 1.29 is 8.83 Å². The van der Waals surface area contributed by atoms with Crippen molar-refractivity contribution in [2.45, 2.75) is 76.5 Å². The maximum Gasteiger partial charge on any atom is 0.144 e. The van der Waals surface area contributed by atoms with Gasteiger partial charge in [-0.2, -0.15) is 0 Å². The van der Waals surface area contributed by atoms with Crippen molar-refractivity contribution in [3.63, 3.8) is 0 Å². The van der Waals surface area contributed by atoms with Crippen LogP contribution in [0.3, 0.4) is 0 Å². The Hall–Kier alpha value is -9.76. The van der Waals surface area contributed by atoms with Crippen molar-refractivity contribution in [3.8, 4) is 77.9 Å². The molecule has 3 aliphatic carbocycles. The summed E-state index contributed by atoms with van der Waals surface area (Å²) in [6.45, 7) is 14.7. The van der Waals surface area contributed by atoms with E-state index in [2.05, 4.69) is 290 Å². The first kappa shape index (κ1) is 50.7. The molecule has 0 amide bonds. The van der Waals surface area contributed by atoms with Gasteiger partial charge in [-0.15, -0.1) is 0 Å². The Morgan fingerprint density at radius 3 is 1.51 bits per heavy atom. The standard InChI is InChI=1S/C84H64O2/c1-82(2)69-48-55(41-43-61(69)73-70(82)49-65(80-75(73)63-33-17-20-38-71(63)85-80)56-31-22-30-54(46-56)51-24-10-7-11-25-51)57(47-66-58(52-26-12-8-13-27-52)35-23-36-59(66)53-28-14-9-15-29-53)44-50-40-42-62-68(45-50)84(5,6)78-74(62)76-64-34-18-21-39-72(64)86-81(76)77-60-32-16-19-37-67(60)83(3,4)79(77)78/h7-43,45-46,48-49,57H,44,47H2,1-6H3. The fourth-order valence-electron chi connectivity index (χ4n) is 16.2. The van der Waals surface area contributed by atoms with Crippen molar-refractivity contribution in [2.24, 2.45) is 0 Å². The van der Waals surface area contributed by atoms with E-state index in [9.17, 15) is 0 Å². The summed E-state index contributed by atoms with van der Waals surface area (Å²) in [7, 11) is 0. The minimum absolute atomic E-state index is 0.102. The number of para-hydroxylation sites is 2. The summed E-state index contributed by atoms with van der Waals surface area (Å²) in [5, 5.41) is 4.76. The zero-order chi connectivity index (χ0) is 57.8. The van der Waals surface area contributed by atoms with Crippen LogP contribution in [-0.4, -0.2) is 0 Å². The van der Waals surface area contributed by atoms with Crippen LogP contribution in [0.5, 0.6) is 0 Å². The Balaban J connectivity index is 0.853. The van der Waals surface area contributed by atoms with Gasteiger partial charge in [0.15, 0.2) is 0 Å². The van der Waals surface area contributed by atoms with Crippen LogP contribution in [0.25, 0.3) is 122 Å². The van der Waals surface area contributed by atoms with Crippen LogP contribution in [0, 0.1) is 0 Å². The summed E-state index contributed by atoms with van der Waals surface area (Å²) >= 11 is 0. The van der Waals surface area contributed by atoms with Gasteiger partial charge in [0.1, 0.15) is 22.3 Å². The van der Waals surface area contributed by atoms with Gasteiger partial charge in [-0.25, -0.2) is 0 Å². The quantitative estimate of drug-likeness (QED) is 0.144. The van der Waals surface area contributed by atoms with E-state index in [1.807, 2.05) is 0 Å². The molecule has 86 heavy (non-hydrogen) atoms. The van der Waals surface area contributed by atoms with E-state index in [4.69, 9.17) is 8.83 Å². The fourth-order valence-corrected chi connectivity index (χ4v) is 16.2. The minimum atomic E-state index is -0.333. The van der Waals surface area contributed by atoms with Crippen molar-refractivity contribution in [1.29, 1.82) is 0 Å². The van der Waals surface area contributed by atoms with Crippen LogP contribution in [0.1, 0.15) is 97.5 Å². The summed E-state index contributed by atoms with van der Waals surface area (Å²) in [5.74, 6) is 0.102. The average Bonchev–Trinajstić information content (AvgIpc) is 1.52. The van der Waals surface area contributed by atoms with Crippen molar-refractivity contribution in [1.82, 2.24) is 0 Å².